The molecule has 0 spiro atoms. The molecule has 1 amide bonds. The largest absolute Gasteiger partial charge is 0.378 e. The highest BCUT2D eigenvalue weighted by Gasteiger charge is 2.40. The third-order valence-electron chi connectivity index (χ3n) is 6.10. The molecule has 2 N–H and O–H groups in total. The summed E-state index contributed by atoms with van der Waals surface area (Å²) in [6, 6.07) is 17.4. The topological polar surface area (TPSA) is 53.6 Å². The van der Waals surface area contributed by atoms with Gasteiger partial charge in [-0.3, -0.25) is 4.79 Å². The molecule has 3 aliphatic heterocycles. The van der Waals surface area contributed by atoms with Gasteiger partial charge in [0.25, 0.3) is 5.91 Å². The lowest BCUT2D eigenvalue weighted by molar-refractivity contribution is 0.0303. The number of hydrogen-bond acceptors (Lipinski definition) is 4. The molecular formula is C22H25N3O2. The summed E-state index contributed by atoms with van der Waals surface area (Å²) in [5, 5.41) is 7.42. The first kappa shape index (κ1) is 16.8. The molecule has 0 bridgehead atoms. The van der Waals surface area contributed by atoms with Gasteiger partial charge in [0.05, 0.1) is 19.3 Å². The van der Waals surface area contributed by atoms with E-state index < -0.39 is 0 Å². The lowest BCUT2D eigenvalue weighted by Gasteiger charge is -2.37. The molecule has 2 aromatic carbocycles. The van der Waals surface area contributed by atoms with Crippen molar-refractivity contribution in [3.05, 3.63) is 65.2 Å². The third-order valence-corrected chi connectivity index (χ3v) is 6.10. The quantitative estimate of drug-likeness (QED) is 0.861. The first-order valence-corrected chi connectivity index (χ1v) is 9.87. The number of carbonyl (C=O) groups is 1. The Kier molecular flexibility index (Phi) is 4.34. The molecule has 3 atom stereocenters. The summed E-state index contributed by atoms with van der Waals surface area (Å²) < 4.78 is 5.37. The number of carbonyl (C=O) groups excluding carboxylic acids is 1. The van der Waals surface area contributed by atoms with Gasteiger partial charge in [0.1, 0.15) is 0 Å². The van der Waals surface area contributed by atoms with Crippen LogP contribution in [0.4, 0.5) is 5.69 Å². The lowest BCUT2D eigenvalue weighted by atomic mass is 9.80. The summed E-state index contributed by atoms with van der Waals surface area (Å²) in [6.45, 7) is 3.62. The fraction of sp³-hybridized carbons (Fsp3) is 0.409. The van der Waals surface area contributed by atoms with Gasteiger partial charge in [0.15, 0.2) is 0 Å². The van der Waals surface area contributed by atoms with Crippen molar-refractivity contribution in [2.24, 2.45) is 5.92 Å². The van der Waals surface area contributed by atoms with E-state index in [1.54, 1.807) is 0 Å². The summed E-state index contributed by atoms with van der Waals surface area (Å²) in [5.41, 5.74) is 4.47. The van der Waals surface area contributed by atoms with Gasteiger partial charge in [-0.2, -0.15) is 0 Å². The zero-order valence-electron chi connectivity index (χ0n) is 15.4. The number of rotatable bonds is 2. The van der Waals surface area contributed by atoms with Gasteiger partial charge in [0, 0.05) is 36.3 Å². The van der Waals surface area contributed by atoms with E-state index in [0.717, 1.165) is 24.2 Å². The Morgan fingerprint density at radius 3 is 2.67 bits per heavy atom. The Bertz CT molecular complexity index is 833. The lowest BCUT2D eigenvalue weighted by Crippen LogP contribution is -2.41. The van der Waals surface area contributed by atoms with Gasteiger partial charge in [-0.1, -0.05) is 30.3 Å². The van der Waals surface area contributed by atoms with E-state index in [-0.39, 0.29) is 5.91 Å². The Balaban J connectivity index is 1.47. The van der Waals surface area contributed by atoms with Crippen molar-refractivity contribution in [3.8, 4) is 0 Å². The van der Waals surface area contributed by atoms with Crippen LogP contribution in [0.5, 0.6) is 0 Å². The molecule has 2 fully saturated rings. The van der Waals surface area contributed by atoms with Crippen molar-refractivity contribution < 1.29 is 9.53 Å². The highest BCUT2D eigenvalue weighted by molar-refractivity contribution is 5.95. The zero-order valence-corrected chi connectivity index (χ0v) is 15.4. The van der Waals surface area contributed by atoms with Crippen LogP contribution < -0.4 is 10.6 Å². The maximum Gasteiger partial charge on any atom is 0.254 e. The van der Waals surface area contributed by atoms with Crippen molar-refractivity contribution in [2.45, 2.75) is 18.5 Å². The van der Waals surface area contributed by atoms with Gasteiger partial charge in [-0.25, -0.2) is 0 Å². The van der Waals surface area contributed by atoms with Crippen LogP contribution in [0.2, 0.25) is 0 Å². The molecular weight excluding hydrogens is 338 g/mol. The van der Waals surface area contributed by atoms with Crippen molar-refractivity contribution in [2.75, 3.05) is 38.2 Å². The summed E-state index contributed by atoms with van der Waals surface area (Å²) in [6.07, 6.45) is 1.14. The van der Waals surface area contributed by atoms with Crippen LogP contribution in [0, 0.1) is 5.92 Å². The van der Waals surface area contributed by atoms with Gasteiger partial charge < -0.3 is 20.3 Å². The smallest absolute Gasteiger partial charge is 0.254 e. The van der Waals surface area contributed by atoms with Crippen LogP contribution in [0.15, 0.2) is 48.5 Å². The number of fused-ring (bicyclic) bond motifs is 3. The maximum atomic E-state index is 12.9. The number of morpholine rings is 1. The van der Waals surface area contributed by atoms with E-state index in [2.05, 4.69) is 53.1 Å². The molecule has 2 saturated heterocycles. The van der Waals surface area contributed by atoms with Crippen molar-refractivity contribution in [1.82, 2.24) is 10.2 Å². The second kappa shape index (κ2) is 6.98. The highest BCUT2D eigenvalue weighted by Crippen LogP contribution is 2.47. The Labute approximate surface area is 159 Å². The fourth-order valence-electron chi connectivity index (χ4n) is 4.72. The van der Waals surface area contributed by atoms with Crippen molar-refractivity contribution in [3.63, 3.8) is 0 Å². The number of ether oxygens (including phenoxy) is 1. The van der Waals surface area contributed by atoms with Crippen molar-refractivity contribution in [1.29, 1.82) is 0 Å². The number of nitrogens with zero attached hydrogens (tertiary/aromatic N) is 1. The molecule has 1 unspecified atom stereocenters. The summed E-state index contributed by atoms with van der Waals surface area (Å²) >= 11 is 0. The summed E-state index contributed by atoms with van der Waals surface area (Å²) in [4.78, 5) is 14.8. The predicted octanol–water partition coefficient (Wildman–Crippen LogP) is 2.98. The monoisotopic (exact) mass is 363 g/mol. The molecule has 27 heavy (non-hydrogen) atoms. The van der Waals surface area contributed by atoms with E-state index >= 15 is 0 Å². The third kappa shape index (κ3) is 3.01. The average molecular weight is 363 g/mol. The van der Waals surface area contributed by atoms with Gasteiger partial charge >= 0.3 is 0 Å². The fourth-order valence-corrected chi connectivity index (χ4v) is 4.72. The van der Waals surface area contributed by atoms with Crippen LogP contribution in [-0.4, -0.2) is 43.7 Å². The van der Waals surface area contributed by atoms with Crippen LogP contribution in [-0.2, 0) is 4.74 Å². The number of amides is 1. The predicted molar refractivity (Wildman–Crippen MR) is 105 cm³/mol. The molecule has 5 heteroatoms. The number of hydrogen-bond donors (Lipinski definition) is 2. The molecule has 2 aromatic rings. The molecule has 0 saturated carbocycles. The van der Waals surface area contributed by atoms with Crippen molar-refractivity contribution >= 4 is 11.6 Å². The molecule has 0 aliphatic carbocycles. The molecule has 140 valence electrons. The summed E-state index contributed by atoms with van der Waals surface area (Å²) in [5.74, 6) is 0.606. The number of benzene rings is 2. The summed E-state index contributed by atoms with van der Waals surface area (Å²) in [7, 11) is 0. The number of anilines is 1. The first-order chi connectivity index (χ1) is 13.3. The average Bonchev–Trinajstić information content (AvgIpc) is 3.24. The maximum absolute atomic E-state index is 12.9. The van der Waals surface area contributed by atoms with E-state index in [9.17, 15) is 4.79 Å². The Morgan fingerprint density at radius 2 is 1.85 bits per heavy atom. The molecule has 5 nitrogen and oxygen atoms in total. The van der Waals surface area contributed by atoms with Crippen LogP contribution in [0.25, 0.3) is 0 Å². The standard InChI is InChI=1S/C22H25N3O2/c26-22(25-10-12-27-13-11-25)16-6-7-19-18(14-16)21-17(8-9-23-21)20(24-19)15-4-2-1-3-5-15/h1-7,14,17,20-21,23-24H,8-13H2/t17-,20?,21-/m0/s1. The minimum atomic E-state index is 0.112. The molecule has 0 radical (unpaired) electrons. The van der Waals surface area contributed by atoms with E-state index in [0.29, 0.717) is 44.3 Å². The van der Waals surface area contributed by atoms with Crippen LogP contribution in [0.3, 0.4) is 0 Å². The van der Waals surface area contributed by atoms with Crippen LogP contribution >= 0.6 is 0 Å². The highest BCUT2D eigenvalue weighted by atomic mass is 16.5. The van der Waals surface area contributed by atoms with E-state index in [1.807, 2.05) is 11.0 Å². The van der Waals surface area contributed by atoms with E-state index in [4.69, 9.17) is 4.74 Å². The molecule has 0 aromatic heterocycles. The van der Waals surface area contributed by atoms with Gasteiger partial charge in [0.2, 0.25) is 0 Å². The van der Waals surface area contributed by atoms with Gasteiger partial charge in [-0.05, 0) is 42.3 Å². The minimum absolute atomic E-state index is 0.112. The second-order valence-corrected chi connectivity index (χ2v) is 7.62. The normalized spacial score (nSPS) is 26.8. The SMILES string of the molecule is O=C(c1ccc2c(c1)[C@H]1NCC[C@H]1C(c1ccccc1)N2)N1CCOCC1. The van der Waals surface area contributed by atoms with E-state index in [1.165, 1.54) is 11.1 Å². The first-order valence-electron chi connectivity index (χ1n) is 9.87. The van der Waals surface area contributed by atoms with Gasteiger partial charge in [-0.15, -0.1) is 0 Å². The molecule has 3 heterocycles. The zero-order chi connectivity index (χ0) is 18.2. The molecule has 3 aliphatic rings. The van der Waals surface area contributed by atoms with Crippen LogP contribution in [0.1, 0.15) is 40.0 Å². The Morgan fingerprint density at radius 1 is 1.04 bits per heavy atom. The Hall–Kier alpha value is -2.37. The number of nitrogens with one attached hydrogen (secondary N) is 2. The molecule has 5 rings (SSSR count). The second-order valence-electron chi connectivity index (χ2n) is 7.62. The minimum Gasteiger partial charge on any atom is -0.378 e.